The van der Waals surface area contributed by atoms with Crippen molar-refractivity contribution < 1.29 is 23.2 Å². The Balaban J connectivity index is 0.000000218. The lowest BCUT2D eigenvalue weighted by atomic mass is 10.0. The van der Waals surface area contributed by atoms with Crippen molar-refractivity contribution in [1.82, 2.24) is 15.0 Å². The molecule has 2 heterocycles. The molecule has 0 unspecified atom stereocenters. The van der Waals surface area contributed by atoms with Gasteiger partial charge in [-0.3, -0.25) is 14.4 Å². The summed E-state index contributed by atoms with van der Waals surface area (Å²) in [5.41, 5.74) is 12.0. The number of rotatable bonds is 4. The molecule has 0 fully saturated rings. The Labute approximate surface area is 247 Å². The highest BCUT2D eigenvalue weighted by atomic mass is 127. The maximum Gasteiger partial charge on any atom is 0.280 e. The molecule has 0 spiro atoms. The van der Waals surface area contributed by atoms with Gasteiger partial charge in [0.2, 0.25) is 0 Å². The molecule has 2 aromatic heterocycles. The average molecular weight is 688 g/mol. The zero-order valence-electron chi connectivity index (χ0n) is 20.5. The van der Waals surface area contributed by atoms with Crippen molar-refractivity contribution in [2.45, 2.75) is 0 Å². The van der Waals surface area contributed by atoms with Crippen molar-refractivity contribution in [2.75, 3.05) is 25.6 Å². The molecule has 0 aliphatic carbocycles. The molecule has 4 aromatic rings. The van der Waals surface area contributed by atoms with Crippen LogP contribution in [0.15, 0.2) is 72.8 Å². The number of nitrogen functional groups attached to an aromatic ring is 2. The van der Waals surface area contributed by atoms with Crippen LogP contribution < -0.4 is 11.5 Å². The monoisotopic (exact) mass is 687 g/mol. The SMILES string of the molecule is CON(C)C(=O)c1ccc(Cl)nc1N.Fc1ccc(I)cc1.Nc1nc(Cl)ccc1C(=O)c1ccc(F)cc1. The Hall–Kier alpha value is -3.39. The summed E-state index contributed by atoms with van der Waals surface area (Å²) in [6.45, 7) is 0. The first-order chi connectivity index (χ1) is 18.4. The number of carbonyl (C=O) groups is 2. The molecule has 13 heteroatoms. The molecule has 0 radical (unpaired) electrons. The summed E-state index contributed by atoms with van der Waals surface area (Å²) in [6.07, 6.45) is 0. The van der Waals surface area contributed by atoms with Gasteiger partial charge in [-0.2, -0.15) is 0 Å². The Morgan fingerprint density at radius 3 is 1.64 bits per heavy atom. The van der Waals surface area contributed by atoms with E-state index in [1.54, 1.807) is 12.1 Å². The van der Waals surface area contributed by atoms with Crippen LogP contribution in [0.3, 0.4) is 0 Å². The molecule has 4 rings (SSSR count). The van der Waals surface area contributed by atoms with E-state index in [1.807, 2.05) is 0 Å². The molecule has 8 nitrogen and oxygen atoms in total. The second-order valence-electron chi connectivity index (χ2n) is 7.39. The fraction of sp³-hybridized carbons (Fsp3) is 0.0769. The fourth-order valence-electron chi connectivity index (χ4n) is 2.71. The first-order valence-electron chi connectivity index (χ1n) is 10.8. The summed E-state index contributed by atoms with van der Waals surface area (Å²) in [4.78, 5) is 35.8. The van der Waals surface area contributed by atoms with Crippen molar-refractivity contribution >= 4 is 69.1 Å². The molecule has 1 amide bonds. The number of hydrogen-bond donors (Lipinski definition) is 2. The van der Waals surface area contributed by atoms with E-state index < -0.39 is 5.82 Å². The van der Waals surface area contributed by atoms with Gasteiger partial charge in [0.25, 0.3) is 5.91 Å². The summed E-state index contributed by atoms with van der Waals surface area (Å²) in [5, 5.41) is 1.53. The fourth-order valence-corrected chi connectivity index (χ4v) is 3.38. The number of hydrogen-bond acceptors (Lipinski definition) is 7. The number of benzene rings is 2. The Bertz CT molecular complexity index is 1410. The summed E-state index contributed by atoms with van der Waals surface area (Å²) in [6, 6.07) is 17.6. The predicted octanol–water partition coefficient (Wildman–Crippen LogP) is 6.07. The molecular weight excluding hydrogens is 666 g/mol. The smallest absolute Gasteiger partial charge is 0.280 e. The van der Waals surface area contributed by atoms with Crippen molar-refractivity contribution in [3.05, 3.63) is 115 Å². The van der Waals surface area contributed by atoms with Crippen LogP contribution in [0.5, 0.6) is 0 Å². The zero-order chi connectivity index (χ0) is 29.1. The van der Waals surface area contributed by atoms with Gasteiger partial charge in [0.05, 0.1) is 18.2 Å². The van der Waals surface area contributed by atoms with E-state index in [1.165, 1.54) is 74.8 Å². The number of amides is 1. The van der Waals surface area contributed by atoms with Crippen LogP contribution in [0.25, 0.3) is 0 Å². The normalized spacial score (nSPS) is 9.92. The second kappa shape index (κ2) is 15.3. The molecule has 0 aliphatic heterocycles. The number of nitrogens with zero attached hydrogens (tertiary/aromatic N) is 3. The van der Waals surface area contributed by atoms with Crippen LogP contribution in [0.4, 0.5) is 20.4 Å². The predicted molar refractivity (Wildman–Crippen MR) is 155 cm³/mol. The number of carbonyl (C=O) groups excluding carboxylic acids is 2. The van der Waals surface area contributed by atoms with E-state index in [4.69, 9.17) is 39.5 Å². The van der Waals surface area contributed by atoms with Crippen molar-refractivity contribution in [3.63, 3.8) is 0 Å². The van der Waals surface area contributed by atoms with Crippen LogP contribution >= 0.6 is 45.8 Å². The number of aromatic nitrogens is 2. The number of hydroxylamine groups is 2. The van der Waals surface area contributed by atoms with E-state index in [9.17, 15) is 18.4 Å². The Morgan fingerprint density at radius 1 is 0.795 bits per heavy atom. The van der Waals surface area contributed by atoms with Crippen LogP contribution in [0, 0.1) is 15.2 Å². The van der Waals surface area contributed by atoms with Crippen molar-refractivity contribution in [3.8, 4) is 0 Å². The van der Waals surface area contributed by atoms with Gasteiger partial charge in [-0.05, 0) is 95.4 Å². The largest absolute Gasteiger partial charge is 0.383 e. The van der Waals surface area contributed by atoms with Gasteiger partial charge in [-0.25, -0.2) is 23.8 Å². The number of nitrogens with two attached hydrogens (primary N) is 2. The van der Waals surface area contributed by atoms with Crippen LogP contribution in [0.2, 0.25) is 10.3 Å². The molecular formula is C26H22Cl2F2IN5O3. The van der Waals surface area contributed by atoms with Crippen LogP contribution in [-0.4, -0.2) is 40.9 Å². The maximum absolute atomic E-state index is 12.7. The third-order valence-corrected chi connectivity index (χ3v) is 5.87. The van der Waals surface area contributed by atoms with E-state index in [-0.39, 0.29) is 50.6 Å². The highest BCUT2D eigenvalue weighted by molar-refractivity contribution is 14.1. The Kier molecular flexibility index (Phi) is 12.5. The number of ketones is 1. The first kappa shape index (κ1) is 31.8. The van der Waals surface area contributed by atoms with Gasteiger partial charge in [0.1, 0.15) is 33.6 Å². The molecule has 0 bridgehead atoms. The average Bonchev–Trinajstić information content (AvgIpc) is 2.90. The third-order valence-electron chi connectivity index (χ3n) is 4.73. The minimum atomic E-state index is -0.399. The summed E-state index contributed by atoms with van der Waals surface area (Å²) < 4.78 is 25.9. The van der Waals surface area contributed by atoms with E-state index in [0.29, 0.717) is 5.56 Å². The number of pyridine rings is 2. The van der Waals surface area contributed by atoms with Crippen molar-refractivity contribution in [1.29, 1.82) is 0 Å². The first-order valence-corrected chi connectivity index (χ1v) is 12.6. The van der Waals surface area contributed by atoms with Gasteiger partial charge < -0.3 is 11.5 Å². The minimum absolute atomic E-state index is 0.0619. The van der Waals surface area contributed by atoms with Gasteiger partial charge in [0, 0.05) is 16.2 Å². The van der Waals surface area contributed by atoms with Crippen molar-refractivity contribution in [2.24, 2.45) is 0 Å². The lowest BCUT2D eigenvalue weighted by Gasteiger charge is -2.14. The molecule has 204 valence electrons. The van der Waals surface area contributed by atoms with E-state index in [0.717, 1.165) is 8.63 Å². The molecule has 0 saturated carbocycles. The Morgan fingerprint density at radius 2 is 1.23 bits per heavy atom. The van der Waals surface area contributed by atoms with E-state index >= 15 is 0 Å². The second-order valence-corrected chi connectivity index (χ2v) is 9.41. The molecule has 0 saturated heterocycles. The van der Waals surface area contributed by atoms with E-state index in [2.05, 4.69) is 32.6 Å². The molecule has 4 N–H and O–H groups in total. The lowest BCUT2D eigenvalue weighted by Crippen LogP contribution is -2.26. The highest BCUT2D eigenvalue weighted by Gasteiger charge is 2.15. The molecule has 39 heavy (non-hydrogen) atoms. The van der Waals surface area contributed by atoms with Crippen LogP contribution in [0.1, 0.15) is 26.3 Å². The lowest BCUT2D eigenvalue weighted by molar-refractivity contribution is -0.0756. The number of halogens is 5. The zero-order valence-corrected chi connectivity index (χ0v) is 24.2. The third kappa shape index (κ3) is 10.0. The topological polar surface area (TPSA) is 124 Å². The van der Waals surface area contributed by atoms with Gasteiger partial charge in [-0.1, -0.05) is 23.2 Å². The molecule has 2 aromatic carbocycles. The minimum Gasteiger partial charge on any atom is -0.383 e. The molecule has 0 atom stereocenters. The quantitative estimate of drug-likeness (QED) is 0.116. The molecule has 0 aliphatic rings. The highest BCUT2D eigenvalue weighted by Crippen LogP contribution is 2.18. The summed E-state index contributed by atoms with van der Waals surface area (Å²) in [7, 11) is 2.87. The standard InChI is InChI=1S/C12H8ClFN2O.C8H10ClN3O2.C6H4FI/c13-10-6-5-9(12(15)16-10)11(17)7-1-3-8(14)4-2-7;1-12(14-2)8(13)5-3-4-6(9)11-7(5)10;7-5-1-3-6(8)4-2-5/h1-6H,(H2,15,16);3-4H,1-2H3,(H2,10,11);1-4H. The van der Waals surface area contributed by atoms with Crippen LogP contribution in [-0.2, 0) is 4.84 Å². The van der Waals surface area contributed by atoms with Gasteiger partial charge in [0.15, 0.2) is 5.78 Å². The summed E-state index contributed by atoms with van der Waals surface area (Å²) in [5.74, 6) is -1.10. The summed E-state index contributed by atoms with van der Waals surface area (Å²) >= 11 is 13.4. The van der Waals surface area contributed by atoms with Gasteiger partial charge >= 0.3 is 0 Å². The maximum atomic E-state index is 12.7. The number of anilines is 2. The van der Waals surface area contributed by atoms with Gasteiger partial charge in [-0.15, -0.1) is 0 Å².